The monoisotopic (exact) mass is 215 g/mol. The van der Waals surface area contributed by atoms with E-state index in [9.17, 15) is 0 Å². The van der Waals surface area contributed by atoms with Crippen molar-refractivity contribution in [1.29, 1.82) is 0 Å². The Hall–Kier alpha value is -0.910. The second-order valence-corrected chi connectivity index (χ2v) is 4.35. The molecule has 0 fully saturated rings. The zero-order valence-electron chi connectivity index (χ0n) is 9.90. The van der Waals surface area contributed by atoms with E-state index in [4.69, 9.17) is 10.8 Å². The summed E-state index contributed by atoms with van der Waals surface area (Å²) in [5.74, 6) is 0. The molecule has 0 bridgehead atoms. The van der Waals surface area contributed by atoms with E-state index in [0.29, 0.717) is 6.54 Å². The van der Waals surface area contributed by atoms with Crippen LogP contribution in [0.3, 0.4) is 0 Å². The lowest BCUT2D eigenvalue weighted by Crippen LogP contribution is -2.36. The van der Waals surface area contributed by atoms with E-state index >= 15 is 0 Å². The van der Waals surface area contributed by atoms with Crippen molar-refractivity contribution in [2.75, 3.05) is 40.8 Å². The normalized spacial score (nSPS) is 10.7. The highest BCUT2D eigenvalue weighted by molar-refractivity contribution is 4.93. The molecule has 0 atom stereocenters. The molecule has 1 aromatic heterocycles. The third-order valence-electron chi connectivity index (χ3n) is 1.74. The van der Waals surface area contributed by atoms with Crippen LogP contribution < -0.4 is 5.73 Å². The lowest BCUT2D eigenvalue weighted by atomic mass is 10.3. The molecule has 88 valence electrons. The minimum Gasteiger partial charge on any atom is -0.391 e. The molecule has 0 saturated heterocycles. The van der Waals surface area contributed by atoms with Crippen LogP contribution in [-0.4, -0.2) is 60.4 Å². The van der Waals surface area contributed by atoms with Crippen LogP contribution in [0.2, 0.25) is 0 Å². The maximum Gasteiger partial charge on any atom is 0.101 e. The third-order valence-corrected chi connectivity index (χ3v) is 1.74. The number of hydrogen-bond acceptors (Lipinski definition) is 3. The fourth-order valence-electron chi connectivity index (χ4n) is 0.877. The van der Waals surface area contributed by atoms with Gasteiger partial charge in [-0.2, -0.15) is 0 Å². The first-order valence-corrected chi connectivity index (χ1v) is 5.08. The molecule has 0 unspecified atom stereocenters. The standard InChI is InChI=1S/C5H9N3.C5H14NO/c6-2-1-5-3-7-4-8-5;1-6(2,3)4-5-7/h3-4H,1-2,6H2,(H,7,8);7H,4-5H2,1-3H3/q;+1. The molecule has 0 aliphatic carbocycles. The summed E-state index contributed by atoms with van der Waals surface area (Å²) in [7, 11) is 6.16. The molecule has 1 heterocycles. The van der Waals surface area contributed by atoms with Crippen LogP contribution in [0.1, 0.15) is 5.69 Å². The van der Waals surface area contributed by atoms with Gasteiger partial charge in [-0.1, -0.05) is 0 Å². The van der Waals surface area contributed by atoms with Crippen LogP contribution in [0, 0.1) is 0 Å². The summed E-state index contributed by atoms with van der Waals surface area (Å²) in [5, 5.41) is 8.39. The van der Waals surface area contributed by atoms with Crippen molar-refractivity contribution in [3.8, 4) is 0 Å². The topological polar surface area (TPSA) is 74.9 Å². The number of likely N-dealkylation sites (N-methyl/N-ethyl adjacent to an activating group) is 1. The summed E-state index contributed by atoms with van der Waals surface area (Å²) in [6, 6.07) is 0. The van der Waals surface area contributed by atoms with Crippen molar-refractivity contribution in [2.45, 2.75) is 6.42 Å². The van der Waals surface area contributed by atoms with Crippen LogP contribution in [-0.2, 0) is 6.42 Å². The van der Waals surface area contributed by atoms with E-state index in [1.807, 2.05) is 0 Å². The molecule has 0 aliphatic rings. The number of aromatic nitrogens is 2. The van der Waals surface area contributed by atoms with Gasteiger partial charge in [-0.15, -0.1) is 0 Å². The molecule has 0 aromatic carbocycles. The van der Waals surface area contributed by atoms with E-state index in [0.717, 1.165) is 23.1 Å². The highest BCUT2D eigenvalue weighted by Crippen LogP contribution is 1.88. The number of quaternary nitrogens is 1. The average Bonchev–Trinajstić information content (AvgIpc) is 2.56. The van der Waals surface area contributed by atoms with Gasteiger partial charge in [0.05, 0.1) is 34.1 Å². The lowest BCUT2D eigenvalue weighted by molar-refractivity contribution is -0.870. The Balaban J connectivity index is 0.000000265. The molecule has 1 rings (SSSR count). The van der Waals surface area contributed by atoms with Gasteiger partial charge < -0.3 is 20.3 Å². The lowest BCUT2D eigenvalue weighted by Gasteiger charge is -2.21. The quantitative estimate of drug-likeness (QED) is 0.598. The van der Waals surface area contributed by atoms with Crippen molar-refractivity contribution in [1.82, 2.24) is 9.97 Å². The minimum atomic E-state index is 0.281. The van der Waals surface area contributed by atoms with E-state index in [1.54, 1.807) is 12.5 Å². The Morgan fingerprint density at radius 2 is 2.13 bits per heavy atom. The van der Waals surface area contributed by atoms with Crippen LogP contribution in [0.25, 0.3) is 0 Å². The van der Waals surface area contributed by atoms with Crippen LogP contribution in [0.4, 0.5) is 0 Å². The number of aliphatic hydroxyl groups is 1. The predicted molar refractivity (Wildman–Crippen MR) is 61.3 cm³/mol. The van der Waals surface area contributed by atoms with E-state index in [1.165, 1.54) is 0 Å². The minimum absolute atomic E-state index is 0.281. The van der Waals surface area contributed by atoms with Gasteiger partial charge in [0, 0.05) is 18.3 Å². The van der Waals surface area contributed by atoms with Crippen LogP contribution in [0.15, 0.2) is 12.5 Å². The van der Waals surface area contributed by atoms with Crippen molar-refractivity contribution in [2.24, 2.45) is 5.73 Å². The third kappa shape index (κ3) is 9.40. The second kappa shape index (κ2) is 7.39. The Kier molecular flexibility index (Phi) is 6.94. The van der Waals surface area contributed by atoms with Gasteiger partial charge in [-0.3, -0.25) is 0 Å². The summed E-state index contributed by atoms with van der Waals surface area (Å²) < 4.78 is 0.844. The Labute approximate surface area is 91.5 Å². The molecule has 0 spiro atoms. The first-order valence-electron chi connectivity index (χ1n) is 5.08. The number of nitrogens with one attached hydrogen (secondary N) is 1. The molecular weight excluding hydrogens is 192 g/mol. The first-order chi connectivity index (χ1) is 6.99. The maximum absolute atomic E-state index is 8.39. The second-order valence-electron chi connectivity index (χ2n) is 4.35. The number of aliphatic hydroxyl groups excluding tert-OH is 1. The maximum atomic E-state index is 8.39. The van der Waals surface area contributed by atoms with Gasteiger partial charge in [0.25, 0.3) is 0 Å². The molecule has 0 amide bonds. The molecule has 0 radical (unpaired) electrons. The molecule has 0 saturated carbocycles. The number of imidazole rings is 1. The summed E-state index contributed by atoms with van der Waals surface area (Å²) in [4.78, 5) is 6.78. The first kappa shape index (κ1) is 14.1. The number of nitrogens with zero attached hydrogens (tertiary/aromatic N) is 2. The molecule has 15 heavy (non-hydrogen) atoms. The largest absolute Gasteiger partial charge is 0.391 e. The smallest absolute Gasteiger partial charge is 0.101 e. The molecule has 5 heteroatoms. The fraction of sp³-hybridized carbons (Fsp3) is 0.700. The number of aromatic amines is 1. The Bertz CT molecular complexity index is 228. The zero-order valence-corrected chi connectivity index (χ0v) is 9.90. The number of rotatable bonds is 4. The van der Waals surface area contributed by atoms with Crippen molar-refractivity contribution in [3.63, 3.8) is 0 Å². The van der Waals surface area contributed by atoms with Gasteiger partial charge in [-0.25, -0.2) is 4.98 Å². The predicted octanol–water partition coefficient (Wildman–Crippen LogP) is -0.404. The zero-order chi connectivity index (χ0) is 11.7. The summed E-state index contributed by atoms with van der Waals surface area (Å²) in [6.45, 7) is 1.80. The van der Waals surface area contributed by atoms with Gasteiger partial charge >= 0.3 is 0 Å². The van der Waals surface area contributed by atoms with Gasteiger partial charge in [-0.05, 0) is 6.54 Å². The summed E-state index contributed by atoms with van der Waals surface area (Å²) in [5.41, 5.74) is 6.38. The van der Waals surface area contributed by atoms with Crippen molar-refractivity contribution >= 4 is 0 Å². The van der Waals surface area contributed by atoms with E-state index in [-0.39, 0.29) is 6.61 Å². The van der Waals surface area contributed by atoms with Crippen molar-refractivity contribution in [3.05, 3.63) is 18.2 Å². The van der Waals surface area contributed by atoms with Crippen LogP contribution in [0.5, 0.6) is 0 Å². The Morgan fingerprint density at radius 1 is 1.47 bits per heavy atom. The van der Waals surface area contributed by atoms with Gasteiger partial charge in [0.1, 0.15) is 6.54 Å². The summed E-state index contributed by atoms with van der Waals surface area (Å²) in [6.07, 6.45) is 4.33. The molecule has 5 nitrogen and oxygen atoms in total. The number of hydrogen-bond donors (Lipinski definition) is 3. The SMILES string of the molecule is C[N+](C)(C)CCO.NCCc1cnc[nH]1. The molecule has 4 N–H and O–H groups in total. The Morgan fingerprint density at radius 3 is 2.40 bits per heavy atom. The van der Waals surface area contributed by atoms with Crippen molar-refractivity contribution < 1.29 is 9.59 Å². The molecule has 1 aromatic rings. The highest BCUT2D eigenvalue weighted by atomic mass is 16.3. The van der Waals surface area contributed by atoms with Gasteiger partial charge in [0.15, 0.2) is 0 Å². The highest BCUT2D eigenvalue weighted by Gasteiger charge is 2.02. The number of H-pyrrole nitrogens is 1. The number of nitrogens with two attached hydrogens (primary N) is 1. The van der Waals surface area contributed by atoms with Gasteiger partial charge in [0.2, 0.25) is 0 Å². The average molecular weight is 215 g/mol. The molecule has 0 aliphatic heterocycles. The van der Waals surface area contributed by atoms with E-state index < -0.39 is 0 Å². The fourth-order valence-corrected chi connectivity index (χ4v) is 0.877. The van der Waals surface area contributed by atoms with E-state index in [2.05, 4.69) is 31.1 Å². The molecular formula is C10H23N4O+. The van der Waals surface area contributed by atoms with Crippen LogP contribution >= 0.6 is 0 Å². The summed E-state index contributed by atoms with van der Waals surface area (Å²) >= 11 is 0.